The molecule has 0 aromatic carbocycles. The number of carbonyl (C=O) groups excluding carboxylic acids is 1. The van der Waals surface area contributed by atoms with E-state index < -0.39 is 11.2 Å². The minimum atomic E-state index is -0.666. The molecule has 0 spiro atoms. The third-order valence-corrected chi connectivity index (χ3v) is 6.13. The number of fused-ring (bicyclic) bond motifs is 1. The predicted octanol–water partition coefficient (Wildman–Crippen LogP) is 1.76. The molecule has 2 aromatic rings. The highest BCUT2D eigenvalue weighted by atomic mass is 32.1. The number of methoxy groups -OCH3 is 1. The summed E-state index contributed by atoms with van der Waals surface area (Å²) in [5.41, 5.74) is 6.15. The van der Waals surface area contributed by atoms with Crippen LogP contribution in [0.25, 0.3) is 0 Å². The highest BCUT2D eigenvalue weighted by Gasteiger charge is 2.27. The second-order valence-electron chi connectivity index (χ2n) is 6.86. The number of H-pyrrole nitrogens is 1. The Kier molecular flexibility index (Phi) is 6.35. The summed E-state index contributed by atoms with van der Waals surface area (Å²) in [4.78, 5) is 43.4. The van der Waals surface area contributed by atoms with Gasteiger partial charge in [-0.3, -0.25) is 24.0 Å². The maximum atomic E-state index is 13.3. The Morgan fingerprint density at radius 1 is 1.36 bits per heavy atom. The predicted molar refractivity (Wildman–Crippen MR) is 111 cm³/mol. The quantitative estimate of drug-likeness (QED) is 0.728. The summed E-state index contributed by atoms with van der Waals surface area (Å²) >= 11 is 1.48. The number of nitrogen functional groups attached to an aromatic ring is 1. The standard InChI is InChI=1S/C19H26N4O4S/c1-3-8-23-16(20)15(17(24)21-19(23)26)22(9-10-27-2)18(25)14-11-12-6-4-5-7-13(12)28-14/h11H,3-10,20H2,1-2H3,(H,21,24,26). The van der Waals surface area contributed by atoms with Crippen LogP contribution in [-0.2, 0) is 24.1 Å². The summed E-state index contributed by atoms with van der Waals surface area (Å²) in [6.07, 6.45) is 4.87. The highest BCUT2D eigenvalue weighted by Crippen LogP contribution is 2.31. The van der Waals surface area contributed by atoms with E-state index >= 15 is 0 Å². The number of nitrogens with zero attached hydrogens (tertiary/aromatic N) is 2. The van der Waals surface area contributed by atoms with Gasteiger partial charge < -0.3 is 10.5 Å². The molecule has 0 radical (unpaired) electrons. The molecule has 152 valence electrons. The lowest BCUT2D eigenvalue weighted by Crippen LogP contribution is -2.42. The number of nitrogens with two attached hydrogens (primary N) is 1. The molecule has 2 heterocycles. The third kappa shape index (κ3) is 3.90. The van der Waals surface area contributed by atoms with Gasteiger partial charge in [-0.25, -0.2) is 4.79 Å². The SMILES string of the molecule is CCCn1c(N)c(N(CCOC)C(=O)c2cc3c(s2)CCCC3)c(=O)[nH]c1=O. The molecule has 1 amide bonds. The van der Waals surface area contributed by atoms with Gasteiger partial charge >= 0.3 is 5.69 Å². The molecule has 3 rings (SSSR count). The first-order valence-corrected chi connectivity index (χ1v) is 10.3. The van der Waals surface area contributed by atoms with Crippen LogP contribution in [0, 0.1) is 0 Å². The van der Waals surface area contributed by atoms with Crippen molar-refractivity contribution in [1.82, 2.24) is 9.55 Å². The number of anilines is 2. The number of hydrogen-bond donors (Lipinski definition) is 2. The van der Waals surface area contributed by atoms with Crippen molar-refractivity contribution in [2.24, 2.45) is 0 Å². The molecule has 8 nitrogen and oxygen atoms in total. The van der Waals surface area contributed by atoms with Crippen molar-refractivity contribution in [3.63, 3.8) is 0 Å². The number of thiophene rings is 1. The van der Waals surface area contributed by atoms with Crippen LogP contribution in [0.15, 0.2) is 15.7 Å². The molecular formula is C19H26N4O4S. The maximum absolute atomic E-state index is 13.3. The van der Waals surface area contributed by atoms with Crippen LogP contribution in [-0.4, -0.2) is 35.7 Å². The Hall–Kier alpha value is -2.39. The van der Waals surface area contributed by atoms with Crippen LogP contribution < -0.4 is 21.9 Å². The Labute approximate surface area is 166 Å². The number of carbonyl (C=O) groups is 1. The number of aromatic amines is 1. The average molecular weight is 407 g/mol. The Morgan fingerprint density at radius 3 is 2.79 bits per heavy atom. The fourth-order valence-electron chi connectivity index (χ4n) is 3.51. The van der Waals surface area contributed by atoms with E-state index in [1.54, 1.807) is 0 Å². The Balaban J connectivity index is 2.06. The average Bonchev–Trinajstić information content (AvgIpc) is 3.11. The van der Waals surface area contributed by atoms with E-state index in [1.807, 2.05) is 13.0 Å². The fraction of sp³-hybridized carbons (Fsp3) is 0.526. The van der Waals surface area contributed by atoms with Gasteiger partial charge in [-0.1, -0.05) is 6.92 Å². The van der Waals surface area contributed by atoms with Crippen molar-refractivity contribution in [3.05, 3.63) is 42.2 Å². The second kappa shape index (κ2) is 8.74. The summed E-state index contributed by atoms with van der Waals surface area (Å²) < 4.78 is 6.43. The van der Waals surface area contributed by atoms with E-state index in [4.69, 9.17) is 10.5 Å². The summed E-state index contributed by atoms with van der Waals surface area (Å²) in [5, 5.41) is 0. The molecule has 0 bridgehead atoms. The van der Waals surface area contributed by atoms with E-state index in [1.165, 1.54) is 38.4 Å². The monoisotopic (exact) mass is 406 g/mol. The van der Waals surface area contributed by atoms with Crippen LogP contribution in [0.5, 0.6) is 0 Å². The summed E-state index contributed by atoms with van der Waals surface area (Å²) in [5.74, 6) is -0.295. The first kappa shape index (κ1) is 20.3. The van der Waals surface area contributed by atoms with E-state index in [9.17, 15) is 14.4 Å². The van der Waals surface area contributed by atoms with Crippen molar-refractivity contribution < 1.29 is 9.53 Å². The van der Waals surface area contributed by atoms with Gasteiger partial charge in [0.15, 0.2) is 5.69 Å². The van der Waals surface area contributed by atoms with Gasteiger partial charge in [0, 0.05) is 25.1 Å². The smallest absolute Gasteiger partial charge is 0.330 e. The van der Waals surface area contributed by atoms with Gasteiger partial charge in [0.05, 0.1) is 11.5 Å². The first-order chi connectivity index (χ1) is 13.5. The molecule has 0 fully saturated rings. The molecule has 2 aromatic heterocycles. The number of nitrogens with one attached hydrogen (secondary N) is 1. The van der Waals surface area contributed by atoms with Gasteiger partial charge in [0.25, 0.3) is 11.5 Å². The van der Waals surface area contributed by atoms with Gasteiger partial charge in [0.1, 0.15) is 5.82 Å². The number of amides is 1. The van der Waals surface area contributed by atoms with Crippen molar-refractivity contribution in [3.8, 4) is 0 Å². The lowest BCUT2D eigenvalue weighted by molar-refractivity contribution is 0.0979. The molecule has 0 saturated heterocycles. The van der Waals surface area contributed by atoms with E-state index in [-0.39, 0.29) is 30.6 Å². The highest BCUT2D eigenvalue weighted by molar-refractivity contribution is 7.14. The molecular weight excluding hydrogens is 380 g/mol. The summed E-state index contributed by atoms with van der Waals surface area (Å²) in [6, 6.07) is 1.92. The molecule has 0 atom stereocenters. The lowest BCUT2D eigenvalue weighted by Gasteiger charge is -2.23. The van der Waals surface area contributed by atoms with Crippen LogP contribution in [0.1, 0.15) is 46.3 Å². The van der Waals surface area contributed by atoms with Crippen LogP contribution in [0.2, 0.25) is 0 Å². The van der Waals surface area contributed by atoms with E-state index in [0.29, 0.717) is 17.8 Å². The molecule has 28 heavy (non-hydrogen) atoms. The van der Waals surface area contributed by atoms with Crippen molar-refractivity contribution in [2.45, 2.75) is 45.6 Å². The summed E-state index contributed by atoms with van der Waals surface area (Å²) in [6.45, 7) is 2.66. The van der Waals surface area contributed by atoms with Gasteiger partial charge in [0.2, 0.25) is 0 Å². The molecule has 0 saturated carbocycles. The number of hydrogen-bond acceptors (Lipinski definition) is 6. The van der Waals surface area contributed by atoms with Crippen LogP contribution >= 0.6 is 11.3 Å². The largest absolute Gasteiger partial charge is 0.383 e. The molecule has 9 heteroatoms. The van der Waals surface area contributed by atoms with Crippen molar-refractivity contribution in [2.75, 3.05) is 30.9 Å². The number of ether oxygens (including phenoxy) is 1. The van der Waals surface area contributed by atoms with Crippen molar-refractivity contribution in [1.29, 1.82) is 0 Å². The normalized spacial score (nSPS) is 13.4. The number of aryl methyl sites for hydroxylation is 2. The fourth-order valence-corrected chi connectivity index (χ4v) is 4.71. The van der Waals surface area contributed by atoms with Crippen LogP contribution in [0.3, 0.4) is 0 Å². The van der Waals surface area contributed by atoms with Gasteiger partial charge in [-0.15, -0.1) is 11.3 Å². The van der Waals surface area contributed by atoms with E-state index in [2.05, 4.69) is 4.98 Å². The zero-order chi connectivity index (χ0) is 20.3. The molecule has 3 N–H and O–H groups in total. The van der Waals surface area contributed by atoms with Gasteiger partial charge in [-0.2, -0.15) is 0 Å². The first-order valence-electron chi connectivity index (χ1n) is 9.52. The third-order valence-electron chi connectivity index (χ3n) is 4.90. The van der Waals surface area contributed by atoms with Crippen LogP contribution in [0.4, 0.5) is 11.5 Å². The minimum Gasteiger partial charge on any atom is -0.383 e. The number of rotatable bonds is 7. The number of aromatic nitrogens is 2. The topological polar surface area (TPSA) is 110 Å². The zero-order valence-electron chi connectivity index (χ0n) is 16.2. The maximum Gasteiger partial charge on any atom is 0.330 e. The van der Waals surface area contributed by atoms with Crippen molar-refractivity contribution >= 4 is 28.7 Å². The van der Waals surface area contributed by atoms with Gasteiger partial charge in [-0.05, 0) is 43.7 Å². The molecule has 1 aliphatic carbocycles. The zero-order valence-corrected chi connectivity index (χ0v) is 17.1. The Morgan fingerprint density at radius 2 is 2.11 bits per heavy atom. The second-order valence-corrected chi connectivity index (χ2v) is 8.00. The molecule has 1 aliphatic rings. The lowest BCUT2D eigenvalue weighted by atomic mass is 9.99. The Bertz CT molecular complexity index is 952. The summed E-state index contributed by atoms with van der Waals surface area (Å²) in [7, 11) is 1.53. The minimum absolute atomic E-state index is 0.00127. The molecule has 0 aliphatic heterocycles. The molecule has 0 unspecified atom stereocenters. The van der Waals surface area contributed by atoms with E-state index in [0.717, 1.165) is 25.7 Å².